The Bertz CT molecular complexity index is 855. The van der Waals surface area contributed by atoms with Gasteiger partial charge in [0, 0.05) is 36.6 Å². The summed E-state index contributed by atoms with van der Waals surface area (Å²) in [6.07, 6.45) is -2.87. The molecule has 0 N–H and O–H groups in total. The Morgan fingerprint density at radius 2 is 2.00 bits per heavy atom. The third-order valence-electron chi connectivity index (χ3n) is 4.95. The molecule has 9 heteroatoms. The molecule has 0 bridgehead atoms. The van der Waals surface area contributed by atoms with E-state index in [1.165, 1.54) is 0 Å². The average Bonchev–Trinajstić information content (AvgIpc) is 3.02. The summed E-state index contributed by atoms with van der Waals surface area (Å²) in [7, 11) is 0. The minimum atomic E-state index is -4.99. The first-order valence-electron chi connectivity index (χ1n) is 8.99. The molecule has 1 aliphatic rings. The lowest BCUT2D eigenvalue weighted by Crippen LogP contribution is -2.38. The lowest BCUT2D eigenvalue weighted by atomic mass is 9.90. The number of piperidine rings is 1. The lowest BCUT2D eigenvalue weighted by molar-refractivity contribution is -0.275. The zero-order valence-electron chi connectivity index (χ0n) is 15.5. The van der Waals surface area contributed by atoms with E-state index >= 15 is 0 Å². The van der Waals surface area contributed by atoms with Gasteiger partial charge >= 0.3 is 6.36 Å². The van der Waals surface area contributed by atoms with Crippen LogP contribution in [-0.4, -0.2) is 35.4 Å². The van der Waals surface area contributed by atoms with Crippen molar-refractivity contribution in [2.24, 2.45) is 0 Å². The van der Waals surface area contributed by atoms with Gasteiger partial charge in [-0.1, -0.05) is 12.1 Å². The van der Waals surface area contributed by atoms with Gasteiger partial charge in [0.2, 0.25) is 0 Å². The van der Waals surface area contributed by atoms with Crippen molar-refractivity contribution in [2.75, 3.05) is 13.1 Å². The van der Waals surface area contributed by atoms with Gasteiger partial charge in [0.25, 0.3) is 5.91 Å². The van der Waals surface area contributed by atoms with Crippen molar-refractivity contribution < 1.29 is 31.6 Å². The number of rotatable bonds is 4. The molecule has 1 fully saturated rings. The first-order valence-corrected chi connectivity index (χ1v) is 8.99. The molecule has 0 aliphatic carbocycles. The largest absolute Gasteiger partial charge is 0.573 e. The van der Waals surface area contributed by atoms with Gasteiger partial charge in [-0.25, -0.2) is 4.39 Å². The average molecular weight is 400 g/mol. The number of nitrogens with zero attached hydrogens (tertiary/aromatic N) is 2. The molecule has 152 valence electrons. The Morgan fingerprint density at radius 3 is 2.54 bits per heavy atom. The van der Waals surface area contributed by atoms with Crippen molar-refractivity contribution in [1.29, 1.82) is 0 Å². The van der Waals surface area contributed by atoms with Crippen LogP contribution < -0.4 is 4.74 Å². The van der Waals surface area contributed by atoms with Gasteiger partial charge in [-0.15, -0.1) is 13.2 Å². The van der Waals surface area contributed by atoms with Crippen LogP contribution in [0.2, 0.25) is 0 Å². The van der Waals surface area contributed by atoms with Gasteiger partial charge in [-0.3, -0.25) is 4.79 Å². The Hall–Kier alpha value is -2.58. The summed E-state index contributed by atoms with van der Waals surface area (Å²) in [5, 5.41) is 4.15. The fourth-order valence-electron chi connectivity index (χ4n) is 3.47. The first-order chi connectivity index (χ1) is 13.2. The molecule has 5 nitrogen and oxygen atoms in total. The van der Waals surface area contributed by atoms with E-state index in [1.807, 2.05) is 13.8 Å². The number of hydrogen-bond donors (Lipinski definition) is 0. The summed E-state index contributed by atoms with van der Waals surface area (Å²) < 4.78 is 59.4. The van der Waals surface area contributed by atoms with Crippen molar-refractivity contribution >= 4 is 5.91 Å². The number of likely N-dealkylation sites (tertiary alicyclic amines) is 1. The van der Waals surface area contributed by atoms with E-state index in [4.69, 9.17) is 4.52 Å². The number of aromatic nitrogens is 1. The van der Waals surface area contributed by atoms with E-state index in [9.17, 15) is 22.4 Å². The molecule has 1 aromatic carbocycles. The molecule has 0 saturated carbocycles. The molecular formula is C19H20F4N2O3. The number of hydrogen-bond acceptors (Lipinski definition) is 4. The van der Waals surface area contributed by atoms with Gasteiger partial charge < -0.3 is 14.2 Å². The molecule has 1 amide bonds. The zero-order valence-corrected chi connectivity index (χ0v) is 15.5. The number of ether oxygens (including phenoxy) is 1. The highest BCUT2D eigenvalue weighted by molar-refractivity contribution is 5.94. The van der Waals surface area contributed by atoms with Crippen LogP contribution in [0.15, 0.2) is 22.7 Å². The van der Waals surface area contributed by atoms with Crippen LogP contribution in [0.1, 0.15) is 53.1 Å². The smallest absolute Gasteiger partial charge is 0.403 e. The highest BCUT2D eigenvalue weighted by Crippen LogP contribution is 2.32. The number of carbonyl (C=O) groups excluding carboxylic acids is 1. The molecule has 0 unspecified atom stereocenters. The Morgan fingerprint density at radius 1 is 1.32 bits per heavy atom. The number of benzene rings is 1. The van der Waals surface area contributed by atoms with Crippen molar-refractivity contribution in [3.63, 3.8) is 0 Å². The molecule has 0 spiro atoms. The predicted octanol–water partition coefficient (Wildman–Crippen LogP) is 4.60. The van der Waals surface area contributed by atoms with E-state index in [-0.39, 0.29) is 11.5 Å². The Kier molecular flexibility index (Phi) is 5.62. The minimum Gasteiger partial charge on any atom is -0.403 e. The van der Waals surface area contributed by atoms with Gasteiger partial charge in [0.1, 0.15) is 5.76 Å². The predicted molar refractivity (Wildman–Crippen MR) is 91.6 cm³/mol. The second-order valence-corrected chi connectivity index (χ2v) is 6.73. The molecule has 3 rings (SSSR count). The number of alkyl halides is 3. The maximum Gasteiger partial charge on any atom is 0.573 e. The summed E-state index contributed by atoms with van der Waals surface area (Å²) >= 11 is 0. The number of halogens is 4. The fourth-order valence-corrected chi connectivity index (χ4v) is 3.47. The van der Waals surface area contributed by atoms with Crippen LogP contribution in [0.5, 0.6) is 5.75 Å². The van der Waals surface area contributed by atoms with Crippen LogP contribution in [0.3, 0.4) is 0 Å². The second kappa shape index (κ2) is 7.81. The van der Waals surface area contributed by atoms with Gasteiger partial charge in [-0.2, -0.15) is 0 Å². The SMILES string of the molecule is CCc1onc(C2CCN(C(=O)c3ccc(OC(F)(F)F)c(F)c3)CC2)c1C. The van der Waals surface area contributed by atoms with Crippen molar-refractivity contribution in [2.45, 2.75) is 45.4 Å². The standard InChI is InChI=1S/C19H20F4N2O3/c1-3-15-11(2)17(24-28-15)12-6-8-25(9-7-12)18(26)13-4-5-16(14(20)10-13)27-19(21,22)23/h4-5,10,12H,3,6-9H2,1-2H3. The van der Waals surface area contributed by atoms with Crippen LogP contribution in [-0.2, 0) is 6.42 Å². The van der Waals surface area contributed by atoms with Crippen molar-refractivity contribution in [1.82, 2.24) is 10.1 Å². The molecule has 0 atom stereocenters. The van der Waals surface area contributed by atoms with Crippen molar-refractivity contribution in [3.8, 4) is 5.75 Å². The highest BCUT2D eigenvalue weighted by Gasteiger charge is 2.33. The normalized spacial score (nSPS) is 15.7. The fraction of sp³-hybridized carbons (Fsp3) is 0.474. The lowest BCUT2D eigenvalue weighted by Gasteiger charge is -2.31. The maximum atomic E-state index is 13.9. The first kappa shape index (κ1) is 20.2. The third kappa shape index (κ3) is 4.28. The third-order valence-corrected chi connectivity index (χ3v) is 4.95. The monoisotopic (exact) mass is 400 g/mol. The second-order valence-electron chi connectivity index (χ2n) is 6.73. The number of amides is 1. The van der Waals surface area contributed by atoms with E-state index < -0.39 is 23.8 Å². The number of carbonyl (C=O) groups is 1. The van der Waals surface area contributed by atoms with Gasteiger partial charge in [-0.05, 0) is 38.0 Å². The molecule has 1 aromatic heterocycles. The van der Waals surface area contributed by atoms with Crippen LogP contribution in [0.25, 0.3) is 0 Å². The summed E-state index contributed by atoms with van der Waals surface area (Å²) in [5.41, 5.74) is 1.93. The molecule has 28 heavy (non-hydrogen) atoms. The topological polar surface area (TPSA) is 55.6 Å². The van der Waals surface area contributed by atoms with Crippen molar-refractivity contribution in [3.05, 3.63) is 46.6 Å². The molecule has 2 heterocycles. The Labute approximate surface area is 159 Å². The van der Waals surface area contributed by atoms with Crippen LogP contribution in [0.4, 0.5) is 17.6 Å². The van der Waals surface area contributed by atoms with E-state index in [1.54, 1.807) is 4.90 Å². The van der Waals surface area contributed by atoms with Gasteiger partial charge in [0.05, 0.1) is 5.69 Å². The molecule has 0 radical (unpaired) electrons. The highest BCUT2D eigenvalue weighted by atomic mass is 19.4. The summed E-state index contributed by atoms with van der Waals surface area (Å²) in [6.45, 7) is 4.84. The van der Waals surface area contributed by atoms with E-state index in [0.717, 1.165) is 41.6 Å². The maximum absolute atomic E-state index is 13.9. The van der Waals surface area contributed by atoms with Crippen LogP contribution in [0, 0.1) is 12.7 Å². The van der Waals surface area contributed by atoms with Gasteiger partial charge in [0.15, 0.2) is 11.6 Å². The molecule has 1 aliphatic heterocycles. The Balaban J connectivity index is 1.65. The summed E-state index contributed by atoms with van der Waals surface area (Å²) in [5.74, 6) is -1.60. The van der Waals surface area contributed by atoms with E-state index in [2.05, 4.69) is 9.89 Å². The molecule has 1 saturated heterocycles. The minimum absolute atomic E-state index is 0.0173. The quantitative estimate of drug-likeness (QED) is 0.704. The van der Waals surface area contributed by atoms with Crippen LogP contribution >= 0.6 is 0 Å². The summed E-state index contributed by atoms with van der Waals surface area (Å²) in [4.78, 5) is 14.1. The number of aryl methyl sites for hydroxylation is 1. The zero-order chi connectivity index (χ0) is 20.5. The summed E-state index contributed by atoms with van der Waals surface area (Å²) in [6, 6.07) is 2.71. The molecular weight excluding hydrogens is 380 g/mol. The molecule has 2 aromatic rings. The van der Waals surface area contributed by atoms with E-state index in [0.29, 0.717) is 25.9 Å².